The van der Waals surface area contributed by atoms with Gasteiger partial charge < -0.3 is 25.4 Å². The van der Waals surface area contributed by atoms with Crippen molar-refractivity contribution in [2.45, 2.75) is 0 Å². The second-order valence-corrected chi connectivity index (χ2v) is 4.79. The van der Waals surface area contributed by atoms with Gasteiger partial charge in [-0.1, -0.05) is 11.8 Å². The predicted molar refractivity (Wildman–Crippen MR) is 80.8 cm³/mol. The second kappa shape index (κ2) is 11.9. The molecule has 0 atom stereocenters. The molecule has 1 amide bonds. The molecule has 2 aromatic carbocycles. The number of aromatic carboxylic acids is 1. The molecule has 11 heteroatoms. The number of carboxylic acids is 2. The van der Waals surface area contributed by atoms with Crippen molar-refractivity contribution in [3.05, 3.63) is 53.6 Å². The number of aliphatic carboxylic acids is 1. The normalized spacial score (nSPS) is 9.78. The van der Waals surface area contributed by atoms with Crippen LogP contribution in [0, 0.1) is 0 Å². The topological polar surface area (TPSA) is 154 Å². The minimum atomic E-state index is -1.40. The third-order valence-corrected chi connectivity index (χ3v) is 3.00. The molecule has 0 heterocycles. The second-order valence-electron chi connectivity index (χ2n) is 4.79. The van der Waals surface area contributed by atoms with Gasteiger partial charge in [-0.3, -0.25) is 4.79 Å². The van der Waals surface area contributed by atoms with Crippen molar-refractivity contribution in [1.82, 2.24) is 5.32 Å². The molecule has 0 aliphatic heterocycles. The maximum atomic E-state index is 11.6. The number of carbonyl (C=O) groups excluding carboxylic acids is 2. The zero-order valence-electron chi connectivity index (χ0n) is 14.6. The maximum Gasteiger partial charge on any atom is 1.00 e. The van der Waals surface area contributed by atoms with Crippen molar-refractivity contribution in [1.29, 1.82) is 0 Å². The van der Waals surface area contributed by atoms with E-state index < -0.39 is 35.7 Å². The van der Waals surface area contributed by atoms with E-state index in [0.29, 0.717) is 5.69 Å². The van der Waals surface area contributed by atoms with E-state index >= 15 is 0 Å². The van der Waals surface area contributed by atoms with Crippen LogP contribution in [-0.2, 0) is 4.79 Å². The van der Waals surface area contributed by atoms with E-state index in [2.05, 4.69) is 15.5 Å². The van der Waals surface area contributed by atoms with Crippen molar-refractivity contribution >= 4 is 29.2 Å². The van der Waals surface area contributed by atoms with E-state index in [4.69, 9.17) is 5.11 Å². The van der Waals surface area contributed by atoms with Gasteiger partial charge in [-0.15, -0.1) is 0 Å². The summed E-state index contributed by atoms with van der Waals surface area (Å²) in [6, 6.07) is 9.30. The number of nitrogens with zero attached hydrogens (tertiary/aromatic N) is 2. The first-order chi connectivity index (χ1) is 11.9. The molecule has 0 aromatic heterocycles. The third-order valence-electron chi connectivity index (χ3n) is 3.00. The van der Waals surface area contributed by atoms with Crippen LogP contribution < -0.4 is 74.6 Å². The summed E-state index contributed by atoms with van der Waals surface area (Å²) in [5, 5.41) is 40.4. The molecule has 0 radical (unpaired) electrons. The van der Waals surface area contributed by atoms with Crippen LogP contribution in [0.5, 0.6) is 5.75 Å². The Balaban J connectivity index is 0.00000338. The van der Waals surface area contributed by atoms with E-state index in [1.54, 1.807) is 0 Å². The van der Waals surface area contributed by atoms with E-state index in [1.807, 2.05) is 0 Å². The number of benzene rings is 2. The number of azo groups is 1. The quantitative estimate of drug-likeness (QED) is 0.372. The summed E-state index contributed by atoms with van der Waals surface area (Å²) in [7, 11) is 0. The van der Waals surface area contributed by atoms with Crippen molar-refractivity contribution in [2.75, 3.05) is 6.54 Å². The summed E-state index contributed by atoms with van der Waals surface area (Å²) in [5.74, 6) is -3.96. The number of hydrogen-bond donors (Lipinski definition) is 2. The van der Waals surface area contributed by atoms with Crippen molar-refractivity contribution in [3.8, 4) is 5.75 Å². The largest absolute Gasteiger partial charge is 1.00 e. The summed E-state index contributed by atoms with van der Waals surface area (Å²) in [5.41, 5.74) is 0.382. The van der Waals surface area contributed by atoms with E-state index in [-0.39, 0.29) is 70.4 Å². The molecule has 0 aliphatic rings. The van der Waals surface area contributed by atoms with Gasteiger partial charge in [-0.2, -0.15) is 10.2 Å². The van der Waals surface area contributed by atoms with Gasteiger partial charge in [0, 0.05) is 5.56 Å². The number of nitrogens with one attached hydrogen (secondary N) is 1. The van der Waals surface area contributed by atoms with Crippen molar-refractivity contribution < 1.29 is 88.8 Å². The van der Waals surface area contributed by atoms with Gasteiger partial charge in [0.05, 0.1) is 29.5 Å². The first kappa shape index (κ1) is 25.2. The summed E-state index contributed by atoms with van der Waals surface area (Å²) >= 11 is 0. The number of amides is 1. The predicted octanol–water partition coefficient (Wildman–Crippen LogP) is -5.64. The zero-order chi connectivity index (χ0) is 18.4. The summed E-state index contributed by atoms with van der Waals surface area (Å²) in [4.78, 5) is 32.8. The number of carbonyl (C=O) groups is 3. The maximum absolute atomic E-state index is 11.6. The Hall–Kier alpha value is -1.75. The molecule has 2 aromatic rings. The van der Waals surface area contributed by atoms with Crippen LogP contribution in [0.3, 0.4) is 0 Å². The number of hydrogen-bond acceptors (Lipinski definition) is 7. The van der Waals surface area contributed by atoms with Crippen LogP contribution in [0.15, 0.2) is 52.7 Å². The molecule has 0 spiro atoms. The summed E-state index contributed by atoms with van der Waals surface area (Å²) in [6.07, 6.45) is 0. The van der Waals surface area contributed by atoms with Crippen LogP contribution in [0.25, 0.3) is 0 Å². The van der Waals surface area contributed by atoms with Crippen LogP contribution in [0.1, 0.15) is 20.7 Å². The molecular weight excluding hydrogens is 376 g/mol. The van der Waals surface area contributed by atoms with E-state index in [1.165, 1.54) is 30.3 Å². The summed E-state index contributed by atoms with van der Waals surface area (Å²) < 4.78 is 0. The number of rotatable bonds is 6. The minimum Gasteiger partial charge on any atom is -0.872 e. The van der Waals surface area contributed by atoms with E-state index in [0.717, 1.165) is 12.1 Å². The summed E-state index contributed by atoms with van der Waals surface area (Å²) in [6.45, 7) is -0.595. The molecule has 128 valence electrons. The molecule has 0 unspecified atom stereocenters. The molecule has 0 bridgehead atoms. The first-order valence-electron chi connectivity index (χ1n) is 6.91. The Morgan fingerprint density at radius 3 is 2.07 bits per heavy atom. The van der Waals surface area contributed by atoms with Gasteiger partial charge in [-0.25, -0.2) is 4.79 Å². The molecule has 9 nitrogen and oxygen atoms in total. The Labute approximate surface area is 198 Å². The molecule has 0 aliphatic carbocycles. The average Bonchev–Trinajstić information content (AvgIpc) is 2.59. The fourth-order valence-electron chi connectivity index (χ4n) is 1.80. The van der Waals surface area contributed by atoms with Crippen LogP contribution in [0.2, 0.25) is 0 Å². The third kappa shape index (κ3) is 7.79. The van der Waals surface area contributed by atoms with Gasteiger partial charge in [0.15, 0.2) is 0 Å². The molecule has 0 fully saturated rings. The smallest absolute Gasteiger partial charge is 0.872 e. The van der Waals surface area contributed by atoms with Crippen LogP contribution in [0.4, 0.5) is 11.4 Å². The average molecular weight is 387 g/mol. The zero-order valence-corrected chi connectivity index (χ0v) is 18.6. The Morgan fingerprint density at radius 2 is 1.52 bits per heavy atom. The molecule has 0 saturated heterocycles. The van der Waals surface area contributed by atoms with Gasteiger partial charge >= 0.3 is 65.1 Å². The molecule has 2 rings (SSSR count). The van der Waals surface area contributed by atoms with Crippen molar-refractivity contribution in [3.63, 3.8) is 0 Å². The van der Waals surface area contributed by atoms with Crippen LogP contribution >= 0.6 is 0 Å². The standard InChI is InChI=1S/C16H13N3O6.2Na/c20-13-6-5-11(7-12(13)16(24)25)19-18-10-3-1-9(2-4-10)15(23)17-8-14(21)22;;/h1-7,20H,8H2,(H,17,23)(H,21,22)(H,24,25);;/q;2*+1/p-2. The number of carboxylic acid groups (broad SMARTS) is 2. The fourth-order valence-corrected chi connectivity index (χ4v) is 1.80. The molecule has 27 heavy (non-hydrogen) atoms. The molecule has 2 N–H and O–H groups in total. The first-order valence-corrected chi connectivity index (χ1v) is 6.91. The Kier molecular flexibility index (Phi) is 11.1. The SMILES string of the molecule is O=C([O-])CNC(=O)c1ccc(N=Nc2ccc([O-])c(C(=O)O)c2)cc1.[Na+].[Na+]. The molecule has 0 saturated carbocycles. The van der Waals surface area contributed by atoms with Crippen LogP contribution in [-0.4, -0.2) is 29.5 Å². The monoisotopic (exact) mass is 387 g/mol. The van der Waals surface area contributed by atoms with Gasteiger partial charge in [0.25, 0.3) is 5.91 Å². The minimum absolute atomic E-state index is 0. The van der Waals surface area contributed by atoms with Gasteiger partial charge in [0.2, 0.25) is 0 Å². The Morgan fingerprint density at radius 1 is 0.963 bits per heavy atom. The van der Waals surface area contributed by atoms with Gasteiger partial charge in [0.1, 0.15) is 0 Å². The molecular formula is C16H11N3Na2O6. The fraction of sp³-hybridized carbons (Fsp3) is 0.0625. The Bertz CT molecular complexity index is 856. The van der Waals surface area contributed by atoms with E-state index in [9.17, 15) is 24.6 Å². The van der Waals surface area contributed by atoms with Gasteiger partial charge in [-0.05, 0) is 36.4 Å². The van der Waals surface area contributed by atoms with Crippen molar-refractivity contribution in [2.24, 2.45) is 10.2 Å².